The van der Waals surface area contributed by atoms with E-state index in [9.17, 15) is 0 Å². The van der Waals surface area contributed by atoms with E-state index in [1.54, 1.807) is 6.08 Å². The number of rotatable bonds is 3. The van der Waals surface area contributed by atoms with Crippen molar-refractivity contribution >= 4 is 0 Å². The summed E-state index contributed by atoms with van der Waals surface area (Å²) in [5.41, 5.74) is 1.35. The molecule has 0 aliphatic heterocycles. The normalized spacial score (nSPS) is 7.67. The van der Waals surface area contributed by atoms with Gasteiger partial charge < -0.3 is 14.0 Å². The maximum atomic E-state index is 5.25. The molecule has 0 aromatic heterocycles. The van der Waals surface area contributed by atoms with Crippen LogP contribution in [-0.2, 0) is 25.9 Å². The van der Waals surface area contributed by atoms with Crippen molar-refractivity contribution in [2.24, 2.45) is 0 Å². The Bertz CT molecular complexity index is 191. The van der Waals surface area contributed by atoms with E-state index in [4.69, 9.17) is 6.58 Å². The fourth-order valence-corrected chi connectivity index (χ4v) is 0.895. The van der Waals surface area contributed by atoms with Gasteiger partial charge in [0.15, 0.2) is 0 Å². The molecule has 60 valence electrons. The molecule has 0 unspecified atom stereocenters. The van der Waals surface area contributed by atoms with Gasteiger partial charge >= 0.3 is 19.5 Å². The smallest absolute Gasteiger partial charge is 0.518 e. The molecule has 0 aliphatic carbocycles. The molecule has 0 spiro atoms. The summed E-state index contributed by atoms with van der Waals surface area (Å²) in [7, 11) is 0. The summed E-state index contributed by atoms with van der Waals surface area (Å²) >= 11 is 0. The molecule has 0 amide bonds. The zero-order chi connectivity index (χ0) is 7.23. The molecule has 0 saturated carbocycles. The topological polar surface area (TPSA) is 0 Å². The van der Waals surface area contributed by atoms with E-state index in [0.29, 0.717) is 0 Å². The van der Waals surface area contributed by atoms with Crippen molar-refractivity contribution in [1.82, 2.24) is 0 Å². The molecular formula is C11H14Zn. The van der Waals surface area contributed by atoms with Crippen LogP contribution in [0.3, 0.4) is 0 Å². The van der Waals surface area contributed by atoms with E-state index in [1.165, 1.54) is 5.56 Å². The van der Waals surface area contributed by atoms with Crippen LogP contribution in [0.4, 0.5) is 0 Å². The first-order chi connectivity index (χ1) is 4.93. The van der Waals surface area contributed by atoms with Crippen molar-refractivity contribution in [1.29, 1.82) is 0 Å². The molecule has 0 nitrogen and oxygen atoms in total. The van der Waals surface area contributed by atoms with Crippen LogP contribution in [0.1, 0.15) is 12.0 Å². The molecule has 1 aromatic carbocycles. The van der Waals surface area contributed by atoms with Gasteiger partial charge in [-0.2, -0.15) is 0 Å². The monoisotopic (exact) mass is 210 g/mol. The van der Waals surface area contributed by atoms with Crippen LogP contribution in [0.25, 0.3) is 0 Å². The minimum atomic E-state index is 0. The minimum Gasteiger partial charge on any atom is -0.518 e. The van der Waals surface area contributed by atoms with E-state index in [0.717, 1.165) is 12.8 Å². The summed E-state index contributed by atoms with van der Waals surface area (Å²) in [6.45, 7) is 5.25. The fraction of sp³-hybridized carbons (Fsp3) is 0.182. The average molecular weight is 212 g/mol. The molecule has 0 radical (unpaired) electrons. The van der Waals surface area contributed by atoms with Gasteiger partial charge in [0, 0.05) is 0 Å². The summed E-state index contributed by atoms with van der Waals surface area (Å²) in [4.78, 5) is 0. The van der Waals surface area contributed by atoms with Crippen molar-refractivity contribution in [2.75, 3.05) is 0 Å². The Balaban J connectivity index is 0. The summed E-state index contributed by atoms with van der Waals surface area (Å²) < 4.78 is 0. The van der Waals surface area contributed by atoms with Crippen molar-refractivity contribution < 1.29 is 19.5 Å². The molecule has 0 fully saturated rings. The molecule has 0 bridgehead atoms. The summed E-state index contributed by atoms with van der Waals surface area (Å²) in [6, 6.07) is 10.3. The number of hydrogen-bond acceptors (Lipinski definition) is 0. The molecule has 1 heteroatoms. The van der Waals surface area contributed by atoms with Crippen LogP contribution in [0.5, 0.6) is 0 Å². The zero-order valence-electron chi connectivity index (χ0n) is 7.66. The molecule has 1 rings (SSSR count). The molecular weight excluding hydrogens is 198 g/mol. The average Bonchev–Trinajstić information content (AvgIpc) is 2.03. The van der Waals surface area contributed by atoms with Crippen LogP contribution in [-0.4, -0.2) is 0 Å². The van der Waals surface area contributed by atoms with Crippen molar-refractivity contribution in [3.8, 4) is 0 Å². The largest absolute Gasteiger partial charge is 2.00 e. The van der Waals surface area contributed by atoms with Gasteiger partial charge in [-0.1, -0.05) is 36.8 Å². The minimum absolute atomic E-state index is 0. The van der Waals surface area contributed by atoms with Gasteiger partial charge in [0.2, 0.25) is 0 Å². The molecule has 0 aliphatic rings. The third kappa shape index (κ3) is 5.26. The maximum absolute atomic E-state index is 5.25. The fourth-order valence-electron chi connectivity index (χ4n) is 0.895. The summed E-state index contributed by atoms with van der Waals surface area (Å²) in [5.74, 6) is 0. The Labute approximate surface area is 88.5 Å². The van der Waals surface area contributed by atoms with Crippen LogP contribution >= 0.6 is 0 Å². The molecule has 0 atom stereocenters. The third-order valence-electron chi connectivity index (χ3n) is 1.44. The van der Waals surface area contributed by atoms with Crippen LogP contribution in [0.2, 0.25) is 0 Å². The molecule has 12 heavy (non-hydrogen) atoms. The number of benzene rings is 1. The van der Waals surface area contributed by atoms with E-state index in [-0.39, 0.29) is 26.9 Å². The predicted molar refractivity (Wildman–Crippen MR) is 50.0 cm³/mol. The van der Waals surface area contributed by atoms with E-state index in [1.807, 2.05) is 18.2 Å². The number of hydrogen-bond donors (Lipinski definition) is 0. The second-order valence-electron chi connectivity index (χ2n) is 2.26. The SMILES string of the molecule is [CH-]=CCCc1ccccc1.[CH3-].[Zn+2]. The van der Waals surface area contributed by atoms with Crippen molar-refractivity contribution in [3.63, 3.8) is 0 Å². The van der Waals surface area contributed by atoms with Gasteiger partial charge in [0.05, 0.1) is 0 Å². The van der Waals surface area contributed by atoms with Gasteiger partial charge in [-0.15, -0.1) is 0 Å². The van der Waals surface area contributed by atoms with Crippen LogP contribution < -0.4 is 0 Å². The Morgan fingerprint density at radius 1 is 1.17 bits per heavy atom. The van der Waals surface area contributed by atoms with Crippen molar-refractivity contribution in [3.05, 3.63) is 56.0 Å². The maximum Gasteiger partial charge on any atom is 2.00 e. The standard InChI is InChI=1S/C10H11.CH3.Zn/c1-2-3-7-10-8-5-4-6-9-10;;/h1-2,4-6,8-9H,3,7H2;1H3;/q2*-1;+2. The van der Waals surface area contributed by atoms with Gasteiger partial charge in [0.1, 0.15) is 0 Å². The van der Waals surface area contributed by atoms with Crippen LogP contribution in [0.15, 0.2) is 36.4 Å². The van der Waals surface area contributed by atoms with Gasteiger partial charge in [-0.25, -0.2) is 0 Å². The molecule has 1 aromatic rings. The van der Waals surface area contributed by atoms with E-state index < -0.39 is 0 Å². The first-order valence-electron chi connectivity index (χ1n) is 3.51. The molecule has 0 saturated heterocycles. The van der Waals surface area contributed by atoms with Gasteiger partial charge in [-0.3, -0.25) is 6.08 Å². The molecule has 0 N–H and O–H groups in total. The quantitative estimate of drug-likeness (QED) is 0.533. The summed E-state index contributed by atoms with van der Waals surface area (Å²) in [6.07, 6.45) is 3.72. The predicted octanol–water partition coefficient (Wildman–Crippen LogP) is 3.06. The first kappa shape index (κ1) is 14.1. The van der Waals surface area contributed by atoms with E-state index >= 15 is 0 Å². The first-order valence-corrected chi connectivity index (χ1v) is 3.51. The number of aryl methyl sites for hydroxylation is 1. The number of allylic oxidation sites excluding steroid dienone is 1. The van der Waals surface area contributed by atoms with Crippen molar-refractivity contribution in [2.45, 2.75) is 12.8 Å². The second kappa shape index (κ2) is 8.68. The van der Waals surface area contributed by atoms with E-state index in [2.05, 4.69) is 12.1 Å². The van der Waals surface area contributed by atoms with Gasteiger partial charge in [-0.05, 0) is 12.0 Å². The Hall–Kier alpha value is -0.417. The Morgan fingerprint density at radius 3 is 2.25 bits per heavy atom. The molecule has 0 heterocycles. The summed E-state index contributed by atoms with van der Waals surface area (Å²) in [5, 5.41) is 0. The zero-order valence-corrected chi connectivity index (χ0v) is 10.6. The Kier molecular flexibility index (Phi) is 10.2. The van der Waals surface area contributed by atoms with Crippen LogP contribution in [0, 0.1) is 14.0 Å². The van der Waals surface area contributed by atoms with Gasteiger partial charge in [0.25, 0.3) is 0 Å². The third-order valence-corrected chi connectivity index (χ3v) is 1.44. The Morgan fingerprint density at radius 2 is 1.75 bits per heavy atom. The second-order valence-corrected chi connectivity index (χ2v) is 2.26.